The van der Waals surface area contributed by atoms with Crippen molar-refractivity contribution in [3.05, 3.63) is 35.4 Å². The first-order valence-electron chi connectivity index (χ1n) is 8.27. The number of likely N-dealkylation sites (tertiary alicyclic amines) is 1. The van der Waals surface area contributed by atoms with Crippen LogP contribution in [0.25, 0.3) is 0 Å². The van der Waals surface area contributed by atoms with Gasteiger partial charge in [-0.15, -0.1) is 0 Å². The molecule has 2 heterocycles. The number of benzene rings is 1. The summed E-state index contributed by atoms with van der Waals surface area (Å²) in [6, 6.07) is 5.17. The van der Waals surface area contributed by atoms with Gasteiger partial charge in [-0.05, 0) is 38.5 Å². The molecule has 0 unspecified atom stereocenters. The van der Waals surface area contributed by atoms with Crippen LogP contribution in [0.1, 0.15) is 51.2 Å². The molecular formula is C18H23F3N2O. The summed E-state index contributed by atoms with van der Waals surface area (Å²) in [4.78, 5) is 8.17. The molecule has 132 valence electrons. The molecule has 2 aliphatic heterocycles. The Morgan fingerprint density at radius 3 is 2.12 bits per heavy atom. The van der Waals surface area contributed by atoms with Crippen LogP contribution in [-0.2, 0) is 11.0 Å². The van der Waals surface area contributed by atoms with Gasteiger partial charge in [0.25, 0.3) is 0 Å². The Balaban J connectivity index is 1.66. The zero-order valence-electron chi connectivity index (χ0n) is 14.3. The lowest BCUT2D eigenvalue weighted by molar-refractivity contribution is -0.137. The van der Waals surface area contributed by atoms with Crippen molar-refractivity contribution in [2.24, 2.45) is 5.16 Å². The Bertz CT molecular complexity index is 621. The van der Waals surface area contributed by atoms with Crippen molar-refractivity contribution in [1.82, 2.24) is 4.90 Å². The molecule has 1 aromatic rings. The third-order valence-corrected chi connectivity index (χ3v) is 5.01. The molecule has 6 heteroatoms. The third kappa shape index (κ3) is 3.43. The van der Waals surface area contributed by atoms with E-state index in [0.717, 1.165) is 43.8 Å². The minimum absolute atomic E-state index is 0.136. The highest BCUT2D eigenvalue weighted by Gasteiger charge is 2.44. The lowest BCUT2D eigenvalue weighted by Crippen LogP contribution is -2.51. The summed E-state index contributed by atoms with van der Waals surface area (Å²) in [6.07, 6.45) is -1.88. The Morgan fingerprint density at radius 1 is 1.04 bits per heavy atom. The zero-order chi connectivity index (χ0) is 17.6. The van der Waals surface area contributed by atoms with Gasteiger partial charge in [0.05, 0.1) is 11.3 Å². The number of piperidine rings is 1. The highest BCUT2D eigenvalue weighted by molar-refractivity contribution is 6.01. The second-order valence-corrected chi connectivity index (χ2v) is 7.72. The summed E-state index contributed by atoms with van der Waals surface area (Å²) in [5, 5.41) is 4.18. The topological polar surface area (TPSA) is 24.8 Å². The summed E-state index contributed by atoms with van der Waals surface area (Å²) in [7, 11) is 0. The first-order chi connectivity index (χ1) is 11.1. The van der Waals surface area contributed by atoms with Gasteiger partial charge in [-0.2, -0.15) is 13.2 Å². The first kappa shape index (κ1) is 17.3. The van der Waals surface area contributed by atoms with Crippen molar-refractivity contribution in [3.63, 3.8) is 0 Å². The smallest absolute Gasteiger partial charge is 0.388 e. The van der Waals surface area contributed by atoms with Crippen LogP contribution in [-0.4, -0.2) is 34.8 Å². The summed E-state index contributed by atoms with van der Waals surface area (Å²) in [5.74, 6) is 0. The average Bonchev–Trinajstić information content (AvgIpc) is 2.90. The molecular weight excluding hydrogens is 317 g/mol. The molecule has 0 aromatic heterocycles. The first-order valence-corrected chi connectivity index (χ1v) is 8.27. The van der Waals surface area contributed by atoms with Gasteiger partial charge >= 0.3 is 6.18 Å². The van der Waals surface area contributed by atoms with Crippen LogP contribution in [0, 0.1) is 0 Å². The van der Waals surface area contributed by atoms with Crippen LogP contribution in [0.4, 0.5) is 13.2 Å². The van der Waals surface area contributed by atoms with Gasteiger partial charge in [-0.25, -0.2) is 0 Å². The van der Waals surface area contributed by atoms with Gasteiger partial charge in [0.2, 0.25) is 0 Å². The Kier molecular flexibility index (Phi) is 4.14. The van der Waals surface area contributed by atoms with Crippen molar-refractivity contribution in [1.29, 1.82) is 0 Å². The monoisotopic (exact) mass is 340 g/mol. The van der Waals surface area contributed by atoms with Gasteiger partial charge in [-0.1, -0.05) is 17.3 Å². The number of rotatable bonds is 1. The van der Waals surface area contributed by atoms with E-state index in [-0.39, 0.29) is 11.1 Å². The highest BCUT2D eigenvalue weighted by Crippen LogP contribution is 2.38. The van der Waals surface area contributed by atoms with E-state index in [1.165, 1.54) is 12.1 Å². The quantitative estimate of drug-likeness (QED) is 0.754. The van der Waals surface area contributed by atoms with Crippen LogP contribution in [0.2, 0.25) is 0 Å². The Labute approximate surface area is 140 Å². The molecule has 0 bridgehead atoms. The maximum Gasteiger partial charge on any atom is 0.416 e. The van der Waals surface area contributed by atoms with Crippen LogP contribution in [0.3, 0.4) is 0 Å². The molecule has 0 radical (unpaired) electrons. The molecule has 3 rings (SSSR count). The zero-order valence-corrected chi connectivity index (χ0v) is 14.3. The van der Waals surface area contributed by atoms with Crippen LogP contribution < -0.4 is 0 Å². The molecule has 1 spiro atoms. The third-order valence-electron chi connectivity index (χ3n) is 5.01. The number of hydrogen-bond donors (Lipinski definition) is 0. The molecule has 24 heavy (non-hydrogen) atoms. The molecule has 0 saturated carbocycles. The van der Waals surface area contributed by atoms with E-state index in [2.05, 4.69) is 30.8 Å². The maximum atomic E-state index is 12.7. The van der Waals surface area contributed by atoms with Crippen LogP contribution in [0.15, 0.2) is 29.4 Å². The van der Waals surface area contributed by atoms with E-state index in [4.69, 9.17) is 4.84 Å². The fraction of sp³-hybridized carbons (Fsp3) is 0.611. The molecule has 0 amide bonds. The van der Waals surface area contributed by atoms with E-state index in [9.17, 15) is 13.2 Å². The van der Waals surface area contributed by atoms with Gasteiger partial charge < -0.3 is 4.84 Å². The van der Waals surface area contributed by atoms with Crippen molar-refractivity contribution in [3.8, 4) is 0 Å². The summed E-state index contributed by atoms with van der Waals surface area (Å²) >= 11 is 0. The predicted octanol–water partition coefficient (Wildman–Crippen LogP) is 4.46. The molecule has 0 atom stereocenters. The second-order valence-electron chi connectivity index (χ2n) is 7.72. The fourth-order valence-electron chi connectivity index (χ4n) is 3.38. The normalized spacial score (nSPS) is 21.7. The summed E-state index contributed by atoms with van der Waals surface area (Å²) in [6.45, 7) is 8.48. The van der Waals surface area contributed by atoms with Gasteiger partial charge in [-0.3, -0.25) is 4.90 Å². The average molecular weight is 340 g/mol. The number of halogens is 3. The molecule has 0 aliphatic carbocycles. The lowest BCUT2D eigenvalue weighted by Gasteiger charge is -2.43. The van der Waals surface area contributed by atoms with E-state index in [0.29, 0.717) is 12.0 Å². The molecule has 2 aliphatic rings. The second kappa shape index (κ2) is 5.76. The number of alkyl halides is 3. The number of oxime groups is 1. The number of nitrogens with zero attached hydrogens (tertiary/aromatic N) is 2. The van der Waals surface area contributed by atoms with Crippen LogP contribution in [0.5, 0.6) is 0 Å². The lowest BCUT2D eigenvalue weighted by atomic mass is 9.84. The molecule has 1 aromatic carbocycles. The van der Waals surface area contributed by atoms with Crippen molar-refractivity contribution < 1.29 is 18.0 Å². The van der Waals surface area contributed by atoms with E-state index in [1.807, 2.05) is 0 Å². The van der Waals surface area contributed by atoms with Crippen molar-refractivity contribution in [2.75, 3.05) is 13.1 Å². The Morgan fingerprint density at radius 2 is 1.62 bits per heavy atom. The molecule has 1 saturated heterocycles. The highest BCUT2D eigenvalue weighted by atomic mass is 19.4. The fourth-order valence-corrected chi connectivity index (χ4v) is 3.38. The summed E-state index contributed by atoms with van der Waals surface area (Å²) < 4.78 is 38.0. The van der Waals surface area contributed by atoms with E-state index < -0.39 is 11.7 Å². The summed E-state index contributed by atoms with van der Waals surface area (Å²) in [5.41, 5.74) is 0.655. The van der Waals surface area contributed by atoms with Crippen LogP contribution >= 0.6 is 0 Å². The van der Waals surface area contributed by atoms with Crippen molar-refractivity contribution in [2.45, 2.75) is 57.3 Å². The maximum absolute atomic E-state index is 12.7. The molecule has 3 nitrogen and oxygen atoms in total. The standard InChI is InChI=1S/C18H23F3N2O/c1-16(2,3)23-10-8-17(9-11-23)12-15(22-24-17)13-4-6-14(7-5-13)18(19,20)21/h4-7H,8-12H2,1-3H3. The van der Waals surface area contributed by atoms with Crippen molar-refractivity contribution >= 4 is 5.71 Å². The minimum Gasteiger partial charge on any atom is -0.388 e. The molecule has 0 N–H and O–H groups in total. The van der Waals surface area contributed by atoms with Gasteiger partial charge in [0.15, 0.2) is 0 Å². The molecule has 1 fully saturated rings. The largest absolute Gasteiger partial charge is 0.416 e. The SMILES string of the molecule is CC(C)(C)N1CCC2(CC1)CC(c1ccc(C(F)(F)F)cc1)=NO2. The van der Waals surface area contributed by atoms with Gasteiger partial charge in [0.1, 0.15) is 5.60 Å². The predicted molar refractivity (Wildman–Crippen MR) is 87.0 cm³/mol. The number of hydrogen-bond acceptors (Lipinski definition) is 3. The van der Waals surface area contributed by atoms with E-state index in [1.54, 1.807) is 0 Å². The Hall–Kier alpha value is -1.56. The minimum atomic E-state index is -4.31. The van der Waals surface area contributed by atoms with Gasteiger partial charge in [0, 0.05) is 37.9 Å². The van der Waals surface area contributed by atoms with E-state index >= 15 is 0 Å².